The van der Waals surface area contributed by atoms with Gasteiger partial charge in [0.1, 0.15) is 5.75 Å². The van der Waals surface area contributed by atoms with Gasteiger partial charge in [-0.1, -0.05) is 24.3 Å². The van der Waals surface area contributed by atoms with Gasteiger partial charge in [-0.2, -0.15) is 0 Å². The van der Waals surface area contributed by atoms with E-state index in [1.54, 1.807) is 30.7 Å². The van der Waals surface area contributed by atoms with Crippen LogP contribution in [0, 0.1) is 0 Å². The molecule has 3 aromatic rings. The Bertz CT molecular complexity index is 795. The summed E-state index contributed by atoms with van der Waals surface area (Å²) < 4.78 is 1.91. The van der Waals surface area contributed by atoms with Crippen LogP contribution < -0.4 is 5.32 Å². The Labute approximate surface area is 134 Å². The van der Waals surface area contributed by atoms with Crippen LogP contribution in [0.15, 0.2) is 67.3 Å². The molecule has 0 saturated heterocycles. The highest BCUT2D eigenvalue weighted by molar-refractivity contribution is 5.96. The first-order valence-corrected chi connectivity index (χ1v) is 7.32. The van der Waals surface area contributed by atoms with Crippen LogP contribution in [0.3, 0.4) is 0 Å². The Kier molecular flexibility index (Phi) is 4.10. The number of aromatic hydroxyl groups is 1. The first-order valence-electron chi connectivity index (χ1n) is 7.32. The third kappa shape index (κ3) is 3.23. The van der Waals surface area contributed by atoms with Gasteiger partial charge >= 0.3 is 0 Å². The molecule has 23 heavy (non-hydrogen) atoms. The maximum atomic E-state index is 12.2. The van der Waals surface area contributed by atoms with Crippen molar-refractivity contribution in [3.05, 3.63) is 78.4 Å². The summed E-state index contributed by atoms with van der Waals surface area (Å²) in [6, 6.07) is 14.2. The van der Waals surface area contributed by atoms with Gasteiger partial charge in [-0.05, 0) is 36.8 Å². The van der Waals surface area contributed by atoms with E-state index in [0.29, 0.717) is 0 Å². The van der Waals surface area contributed by atoms with Gasteiger partial charge < -0.3 is 15.0 Å². The number of nitrogens with zero attached hydrogens (tertiary/aromatic N) is 2. The molecule has 0 spiro atoms. The summed E-state index contributed by atoms with van der Waals surface area (Å²) in [5.41, 5.74) is 2.26. The average molecular weight is 307 g/mol. The predicted molar refractivity (Wildman–Crippen MR) is 87.6 cm³/mol. The summed E-state index contributed by atoms with van der Waals surface area (Å²) in [5.74, 6) is -0.318. The van der Waals surface area contributed by atoms with Crippen LogP contribution in [0.1, 0.15) is 28.9 Å². The van der Waals surface area contributed by atoms with Crippen LogP contribution in [0.2, 0.25) is 0 Å². The molecule has 5 nitrogen and oxygen atoms in total. The second kappa shape index (κ2) is 6.36. The summed E-state index contributed by atoms with van der Waals surface area (Å²) in [4.78, 5) is 16.2. The first kappa shape index (κ1) is 14.8. The third-order valence-electron chi connectivity index (χ3n) is 3.69. The van der Waals surface area contributed by atoms with E-state index in [4.69, 9.17) is 0 Å². The highest BCUT2D eigenvalue weighted by atomic mass is 16.3. The van der Waals surface area contributed by atoms with E-state index in [2.05, 4.69) is 10.3 Å². The Balaban J connectivity index is 1.72. The topological polar surface area (TPSA) is 67.2 Å². The molecule has 0 aliphatic rings. The van der Waals surface area contributed by atoms with E-state index in [9.17, 15) is 9.90 Å². The number of hydrogen-bond acceptors (Lipinski definition) is 3. The van der Waals surface area contributed by atoms with Crippen LogP contribution in [-0.2, 0) is 0 Å². The van der Waals surface area contributed by atoms with Crippen molar-refractivity contribution in [2.24, 2.45) is 0 Å². The summed E-state index contributed by atoms with van der Waals surface area (Å²) in [6.07, 6.45) is 5.33. The number of amides is 1. The number of hydrogen-bond donors (Lipinski definition) is 2. The first-order chi connectivity index (χ1) is 11.1. The van der Waals surface area contributed by atoms with E-state index in [1.807, 2.05) is 42.0 Å². The number of rotatable bonds is 4. The molecule has 0 unspecified atom stereocenters. The smallest absolute Gasteiger partial charge is 0.255 e. The number of benzene rings is 2. The average Bonchev–Trinajstić information content (AvgIpc) is 3.09. The Hall–Kier alpha value is -3.08. The maximum absolute atomic E-state index is 12.2. The van der Waals surface area contributed by atoms with Crippen LogP contribution >= 0.6 is 0 Å². The van der Waals surface area contributed by atoms with Crippen LogP contribution in [0.5, 0.6) is 5.75 Å². The minimum absolute atomic E-state index is 0.0207. The number of phenolic OH excluding ortho intramolecular Hbond substituents is 1. The molecule has 0 saturated carbocycles. The predicted octanol–water partition coefficient (Wildman–Crippen LogP) is 3.07. The van der Waals surface area contributed by atoms with Crippen LogP contribution in [0.25, 0.3) is 5.69 Å². The van der Waals surface area contributed by atoms with Crippen LogP contribution in [0.4, 0.5) is 0 Å². The molecule has 0 aliphatic carbocycles. The molecule has 3 rings (SSSR count). The molecule has 5 heteroatoms. The van der Waals surface area contributed by atoms with Gasteiger partial charge in [0.2, 0.25) is 0 Å². The summed E-state index contributed by atoms with van der Waals surface area (Å²) >= 11 is 0. The maximum Gasteiger partial charge on any atom is 0.255 e. The number of imidazole rings is 1. The fraction of sp³-hybridized carbons (Fsp3) is 0.111. The number of carbonyl (C=O) groups excluding carboxylic acids is 1. The lowest BCUT2D eigenvalue weighted by atomic mass is 10.1. The lowest BCUT2D eigenvalue weighted by Gasteiger charge is -2.15. The van der Waals surface area contributed by atoms with Crippen LogP contribution in [-0.4, -0.2) is 20.6 Å². The van der Waals surface area contributed by atoms with E-state index in [1.165, 1.54) is 6.07 Å². The van der Waals surface area contributed by atoms with Crippen molar-refractivity contribution in [3.8, 4) is 11.4 Å². The molecular formula is C18H17N3O2. The van der Waals surface area contributed by atoms with Gasteiger partial charge in [-0.15, -0.1) is 0 Å². The summed E-state index contributed by atoms with van der Waals surface area (Å²) in [5, 5.41) is 12.6. The SMILES string of the molecule is C[C@@H](NC(=O)c1ccccc1O)c1ccc(-n2ccnc2)cc1. The van der Waals surface area contributed by atoms with Crippen molar-refractivity contribution in [2.75, 3.05) is 0 Å². The lowest BCUT2D eigenvalue weighted by Crippen LogP contribution is -2.26. The third-order valence-corrected chi connectivity index (χ3v) is 3.69. The fourth-order valence-electron chi connectivity index (χ4n) is 2.37. The van der Waals surface area contributed by atoms with Crippen molar-refractivity contribution in [1.29, 1.82) is 0 Å². The monoisotopic (exact) mass is 307 g/mol. The van der Waals surface area contributed by atoms with Crippen molar-refractivity contribution in [3.63, 3.8) is 0 Å². The molecular weight excluding hydrogens is 290 g/mol. The van der Waals surface area contributed by atoms with E-state index >= 15 is 0 Å². The molecule has 0 aliphatic heterocycles. The molecule has 0 bridgehead atoms. The van der Waals surface area contributed by atoms with Crippen molar-refractivity contribution in [2.45, 2.75) is 13.0 Å². The van der Waals surface area contributed by atoms with Gasteiger partial charge in [-0.3, -0.25) is 4.79 Å². The van der Waals surface area contributed by atoms with Crippen molar-refractivity contribution in [1.82, 2.24) is 14.9 Å². The molecule has 1 aromatic heterocycles. The number of nitrogens with one attached hydrogen (secondary N) is 1. The molecule has 0 fully saturated rings. The number of carbonyl (C=O) groups is 1. The zero-order valence-electron chi connectivity index (χ0n) is 12.7. The zero-order valence-corrected chi connectivity index (χ0v) is 12.7. The lowest BCUT2D eigenvalue weighted by molar-refractivity contribution is 0.0937. The highest BCUT2D eigenvalue weighted by Gasteiger charge is 2.14. The molecule has 1 heterocycles. The molecule has 1 amide bonds. The minimum atomic E-state index is -0.297. The van der Waals surface area contributed by atoms with Gasteiger partial charge in [0.15, 0.2) is 0 Å². The standard InChI is InChI=1S/C18H17N3O2/c1-13(20-18(23)16-4-2-3-5-17(16)22)14-6-8-15(9-7-14)21-11-10-19-12-21/h2-13,22H,1H3,(H,20,23)/t13-/m1/s1. The quantitative estimate of drug-likeness (QED) is 0.778. The molecule has 1 atom stereocenters. The Morgan fingerprint density at radius 3 is 2.57 bits per heavy atom. The zero-order chi connectivity index (χ0) is 16.2. The number of phenols is 1. The Morgan fingerprint density at radius 1 is 1.17 bits per heavy atom. The minimum Gasteiger partial charge on any atom is -0.507 e. The fourth-order valence-corrected chi connectivity index (χ4v) is 2.37. The Morgan fingerprint density at radius 2 is 1.91 bits per heavy atom. The van der Waals surface area contributed by atoms with Gasteiger partial charge in [0.05, 0.1) is 17.9 Å². The number of aromatic nitrogens is 2. The van der Waals surface area contributed by atoms with Gasteiger partial charge in [0.25, 0.3) is 5.91 Å². The largest absolute Gasteiger partial charge is 0.507 e. The second-order valence-corrected chi connectivity index (χ2v) is 5.27. The van der Waals surface area contributed by atoms with E-state index in [-0.39, 0.29) is 23.3 Å². The molecule has 0 radical (unpaired) electrons. The number of para-hydroxylation sites is 1. The normalized spacial score (nSPS) is 11.9. The van der Waals surface area contributed by atoms with Gasteiger partial charge in [0, 0.05) is 18.1 Å². The van der Waals surface area contributed by atoms with E-state index < -0.39 is 0 Å². The summed E-state index contributed by atoms with van der Waals surface area (Å²) in [7, 11) is 0. The van der Waals surface area contributed by atoms with E-state index in [0.717, 1.165) is 11.3 Å². The van der Waals surface area contributed by atoms with Crippen molar-refractivity contribution >= 4 is 5.91 Å². The molecule has 2 aromatic carbocycles. The van der Waals surface area contributed by atoms with Gasteiger partial charge in [-0.25, -0.2) is 4.98 Å². The second-order valence-electron chi connectivity index (χ2n) is 5.27. The molecule has 2 N–H and O–H groups in total. The summed E-state index contributed by atoms with van der Waals surface area (Å²) in [6.45, 7) is 1.91. The highest BCUT2D eigenvalue weighted by Crippen LogP contribution is 2.19. The van der Waals surface area contributed by atoms with Crippen molar-refractivity contribution < 1.29 is 9.90 Å². The molecule has 116 valence electrons.